The van der Waals surface area contributed by atoms with Gasteiger partial charge in [-0.2, -0.15) is 0 Å². The summed E-state index contributed by atoms with van der Waals surface area (Å²) in [7, 11) is 0. The molecular formula is C17H13BrN4O2S2. The Balaban J connectivity index is 1.72. The number of thiazole rings is 1. The molecule has 0 aliphatic carbocycles. The zero-order chi connectivity index (χ0) is 18.4. The van der Waals surface area contributed by atoms with E-state index in [4.69, 9.17) is 0 Å². The highest BCUT2D eigenvalue weighted by molar-refractivity contribution is 9.10. The fraction of sp³-hybridized carbons (Fsp3) is 0.176. The van der Waals surface area contributed by atoms with Gasteiger partial charge in [-0.25, -0.2) is 9.97 Å². The smallest absolute Gasteiger partial charge is 0.267 e. The van der Waals surface area contributed by atoms with E-state index < -0.39 is 0 Å². The van der Waals surface area contributed by atoms with E-state index in [1.165, 1.54) is 33.6 Å². The van der Waals surface area contributed by atoms with Crippen molar-refractivity contribution >= 4 is 70.1 Å². The number of halogens is 1. The number of benzene rings is 1. The van der Waals surface area contributed by atoms with Crippen molar-refractivity contribution in [2.24, 2.45) is 0 Å². The third kappa shape index (κ3) is 2.85. The molecule has 4 aromatic rings. The van der Waals surface area contributed by atoms with Crippen molar-refractivity contribution in [1.29, 1.82) is 0 Å². The standard InChI is InChI=1S/C17H13BrN4O2S2/c1-3-22-7-19-15-12(16(22)24)8(2)13(26-15)14(23)21-17-20-10-5-4-9(18)6-11(10)25-17/h4-7H,3H2,1-2H3,(H,20,21,23). The third-order valence-corrected chi connectivity index (χ3v) is 6.66. The second-order valence-corrected chi connectivity index (χ2v) is 8.60. The summed E-state index contributed by atoms with van der Waals surface area (Å²) in [6, 6.07) is 5.77. The number of nitrogens with one attached hydrogen (secondary N) is 1. The fourth-order valence-corrected chi connectivity index (χ4v) is 5.15. The van der Waals surface area contributed by atoms with Crippen LogP contribution >= 0.6 is 38.6 Å². The van der Waals surface area contributed by atoms with Gasteiger partial charge in [0.25, 0.3) is 11.5 Å². The van der Waals surface area contributed by atoms with Gasteiger partial charge in [0.05, 0.1) is 26.8 Å². The maximum Gasteiger partial charge on any atom is 0.267 e. The molecular weight excluding hydrogens is 436 g/mol. The molecule has 0 fully saturated rings. The lowest BCUT2D eigenvalue weighted by molar-refractivity contribution is 0.103. The summed E-state index contributed by atoms with van der Waals surface area (Å²) < 4.78 is 3.48. The SMILES string of the molecule is CCn1cnc2sc(C(=O)Nc3nc4ccc(Br)cc4s3)c(C)c2c1=O. The number of fused-ring (bicyclic) bond motifs is 2. The van der Waals surface area contributed by atoms with Crippen LogP contribution in [0.5, 0.6) is 0 Å². The number of rotatable bonds is 3. The quantitative estimate of drug-likeness (QED) is 0.503. The molecule has 3 heterocycles. The Morgan fingerprint density at radius 3 is 2.92 bits per heavy atom. The molecule has 1 N–H and O–H groups in total. The summed E-state index contributed by atoms with van der Waals surface area (Å²) in [6.45, 7) is 4.21. The molecule has 3 aromatic heterocycles. The summed E-state index contributed by atoms with van der Waals surface area (Å²) in [4.78, 5) is 35.1. The molecule has 0 bridgehead atoms. The predicted octanol–water partition coefficient (Wildman–Crippen LogP) is 4.41. The van der Waals surface area contributed by atoms with Gasteiger partial charge in [-0.3, -0.25) is 19.5 Å². The van der Waals surface area contributed by atoms with Gasteiger partial charge in [0.1, 0.15) is 4.83 Å². The molecule has 0 saturated heterocycles. The summed E-state index contributed by atoms with van der Waals surface area (Å²) in [6.07, 6.45) is 1.52. The highest BCUT2D eigenvalue weighted by Gasteiger charge is 2.20. The van der Waals surface area contributed by atoms with E-state index in [1.54, 1.807) is 6.92 Å². The average Bonchev–Trinajstić information content (AvgIpc) is 3.15. The molecule has 9 heteroatoms. The van der Waals surface area contributed by atoms with Crippen molar-refractivity contribution in [2.45, 2.75) is 20.4 Å². The number of carbonyl (C=O) groups is 1. The summed E-state index contributed by atoms with van der Waals surface area (Å²) >= 11 is 6.06. The maximum atomic E-state index is 12.7. The number of aromatic nitrogens is 3. The topological polar surface area (TPSA) is 76.9 Å². The average molecular weight is 449 g/mol. The van der Waals surface area contributed by atoms with Crippen LogP contribution in [0.15, 0.2) is 33.8 Å². The van der Waals surface area contributed by atoms with Gasteiger partial charge in [-0.15, -0.1) is 11.3 Å². The van der Waals surface area contributed by atoms with Crippen molar-refractivity contribution in [3.05, 3.63) is 49.8 Å². The van der Waals surface area contributed by atoms with Crippen LogP contribution in [0.3, 0.4) is 0 Å². The molecule has 0 aliphatic heterocycles. The van der Waals surface area contributed by atoms with Crippen molar-refractivity contribution in [3.63, 3.8) is 0 Å². The molecule has 0 spiro atoms. The van der Waals surface area contributed by atoms with Gasteiger partial charge >= 0.3 is 0 Å². The van der Waals surface area contributed by atoms with E-state index in [1.807, 2.05) is 25.1 Å². The maximum absolute atomic E-state index is 12.7. The number of hydrogen-bond acceptors (Lipinski definition) is 6. The van der Waals surface area contributed by atoms with Crippen LogP contribution in [0.4, 0.5) is 5.13 Å². The number of amides is 1. The largest absolute Gasteiger partial charge is 0.299 e. The Morgan fingerprint density at radius 2 is 2.15 bits per heavy atom. The van der Waals surface area contributed by atoms with Crippen molar-refractivity contribution in [2.75, 3.05) is 5.32 Å². The molecule has 6 nitrogen and oxygen atoms in total. The fourth-order valence-electron chi connectivity index (χ4n) is 2.71. The van der Waals surface area contributed by atoms with Crippen LogP contribution in [0.2, 0.25) is 0 Å². The molecule has 1 aromatic carbocycles. The van der Waals surface area contributed by atoms with E-state index in [9.17, 15) is 9.59 Å². The van der Waals surface area contributed by atoms with Gasteiger partial charge < -0.3 is 0 Å². The molecule has 132 valence electrons. The Bertz CT molecular complexity index is 1220. The van der Waals surface area contributed by atoms with Crippen molar-refractivity contribution in [3.8, 4) is 0 Å². The Hall–Kier alpha value is -2.10. The Morgan fingerprint density at radius 1 is 1.35 bits per heavy atom. The molecule has 0 unspecified atom stereocenters. The minimum atomic E-state index is -0.272. The molecule has 4 rings (SSSR count). The monoisotopic (exact) mass is 448 g/mol. The summed E-state index contributed by atoms with van der Waals surface area (Å²) in [5.41, 5.74) is 1.37. The number of carbonyl (C=O) groups excluding carboxylic acids is 1. The molecule has 0 atom stereocenters. The van der Waals surface area contributed by atoms with Gasteiger partial charge in [-0.05, 0) is 37.6 Å². The van der Waals surface area contributed by atoms with Crippen LogP contribution in [0, 0.1) is 6.92 Å². The van der Waals surface area contributed by atoms with E-state index in [2.05, 4.69) is 31.2 Å². The Kier molecular flexibility index (Phi) is 4.37. The van der Waals surface area contributed by atoms with Crippen LogP contribution in [0.1, 0.15) is 22.2 Å². The molecule has 0 saturated carbocycles. The lowest BCUT2D eigenvalue weighted by Crippen LogP contribution is -2.19. The van der Waals surface area contributed by atoms with E-state index in [0.29, 0.717) is 32.3 Å². The third-order valence-electron chi connectivity index (χ3n) is 4.04. The normalized spacial score (nSPS) is 11.3. The minimum absolute atomic E-state index is 0.116. The Labute approximate surface area is 164 Å². The minimum Gasteiger partial charge on any atom is -0.299 e. The molecule has 1 amide bonds. The van der Waals surface area contributed by atoms with E-state index in [-0.39, 0.29) is 11.5 Å². The molecule has 0 aliphatic rings. The lowest BCUT2D eigenvalue weighted by Gasteiger charge is -2.01. The number of anilines is 1. The first-order valence-electron chi connectivity index (χ1n) is 7.84. The summed E-state index contributed by atoms with van der Waals surface area (Å²) in [5, 5.41) is 3.88. The van der Waals surface area contributed by atoms with Gasteiger partial charge in [0.2, 0.25) is 0 Å². The van der Waals surface area contributed by atoms with Gasteiger partial charge in [-0.1, -0.05) is 27.3 Å². The number of nitrogens with zero attached hydrogens (tertiary/aromatic N) is 3. The van der Waals surface area contributed by atoms with Crippen molar-refractivity contribution in [1.82, 2.24) is 14.5 Å². The van der Waals surface area contributed by atoms with E-state index >= 15 is 0 Å². The first-order valence-corrected chi connectivity index (χ1v) is 10.3. The number of aryl methyl sites for hydroxylation is 2. The predicted molar refractivity (Wildman–Crippen MR) is 110 cm³/mol. The highest BCUT2D eigenvalue weighted by Crippen LogP contribution is 2.31. The van der Waals surface area contributed by atoms with Crippen LogP contribution < -0.4 is 10.9 Å². The number of thiophene rings is 1. The second kappa shape index (κ2) is 6.57. The zero-order valence-electron chi connectivity index (χ0n) is 13.9. The zero-order valence-corrected chi connectivity index (χ0v) is 17.1. The molecule has 26 heavy (non-hydrogen) atoms. The number of hydrogen-bond donors (Lipinski definition) is 1. The summed E-state index contributed by atoms with van der Waals surface area (Å²) in [5.74, 6) is -0.272. The first-order chi connectivity index (χ1) is 12.5. The lowest BCUT2D eigenvalue weighted by atomic mass is 10.2. The van der Waals surface area contributed by atoms with Crippen LogP contribution in [0.25, 0.3) is 20.4 Å². The van der Waals surface area contributed by atoms with Crippen molar-refractivity contribution < 1.29 is 4.79 Å². The molecule has 0 radical (unpaired) electrons. The van der Waals surface area contributed by atoms with Gasteiger partial charge in [0, 0.05) is 11.0 Å². The highest BCUT2D eigenvalue weighted by atomic mass is 79.9. The van der Waals surface area contributed by atoms with E-state index in [0.717, 1.165) is 14.7 Å². The van der Waals surface area contributed by atoms with Gasteiger partial charge in [0.15, 0.2) is 5.13 Å². The second-order valence-electron chi connectivity index (χ2n) is 5.66. The van der Waals surface area contributed by atoms with Crippen LogP contribution in [-0.4, -0.2) is 20.4 Å². The van der Waals surface area contributed by atoms with Crippen LogP contribution in [-0.2, 0) is 6.54 Å². The first kappa shape index (κ1) is 17.3.